The summed E-state index contributed by atoms with van der Waals surface area (Å²) in [5.41, 5.74) is 0. The van der Waals surface area contributed by atoms with Crippen molar-refractivity contribution in [1.29, 1.82) is 0 Å². The van der Waals surface area contributed by atoms with E-state index in [0.717, 1.165) is 19.4 Å². The maximum atomic E-state index is 11.1. The van der Waals surface area contributed by atoms with Crippen molar-refractivity contribution in [3.05, 3.63) is 0 Å². The summed E-state index contributed by atoms with van der Waals surface area (Å²) < 4.78 is 0. The molecule has 4 heteroatoms. The Bertz CT molecular complexity index is 147. The van der Waals surface area contributed by atoms with Gasteiger partial charge in [0.15, 0.2) is 0 Å². The lowest BCUT2D eigenvalue weighted by Gasteiger charge is -2.10. The van der Waals surface area contributed by atoms with Crippen LogP contribution in [0.4, 0.5) is 0 Å². The normalized spacial score (nSPS) is 12.6. The second-order valence-electron chi connectivity index (χ2n) is 3.46. The fourth-order valence-electron chi connectivity index (χ4n) is 0.876. The van der Waals surface area contributed by atoms with E-state index in [2.05, 4.69) is 5.32 Å². The van der Waals surface area contributed by atoms with Crippen molar-refractivity contribution < 1.29 is 9.90 Å². The van der Waals surface area contributed by atoms with Gasteiger partial charge in [-0.15, -0.1) is 0 Å². The summed E-state index contributed by atoms with van der Waals surface area (Å²) >= 11 is 0. The Kier molecular flexibility index (Phi) is 6.54. The number of carbonyl (C=O) groups excluding carboxylic acids is 1. The topological polar surface area (TPSA) is 52.6 Å². The molecule has 78 valence electrons. The summed E-state index contributed by atoms with van der Waals surface area (Å²) in [5.74, 6) is 0.0806. The van der Waals surface area contributed by atoms with Crippen molar-refractivity contribution in [2.75, 3.05) is 27.2 Å². The molecule has 0 saturated carbocycles. The van der Waals surface area contributed by atoms with E-state index in [9.17, 15) is 4.79 Å². The van der Waals surface area contributed by atoms with Gasteiger partial charge in [0.2, 0.25) is 5.91 Å². The highest BCUT2D eigenvalue weighted by atomic mass is 16.3. The van der Waals surface area contributed by atoms with E-state index in [0.29, 0.717) is 6.54 Å². The molecule has 0 rings (SSSR count). The molecule has 0 aliphatic carbocycles. The number of aliphatic hydroxyl groups is 1. The van der Waals surface area contributed by atoms with E-state index in [4.69, 9.17) is 5.11 Å². The highest BCUT2D eigenvalue weighted by Crippen LogP contribution is 1.93. The molecule has 1 atom stereocenters. The Balaban J connectivity index is 3.21. The van der Waals surface area contributed by atoms with Crippen molar-refractivity contribution in [2.45, 2.75) is 25.9 Å². The molecule has 0 aliphatic rings. The highest BCUT2D eigenvalue weighted by Gasteiger charge is 2.01. The molecule has 13 heavy (non-hydrogen) atoms. The van der Waals surface area contributed by atoms with Crippen LogP contribution in [-0.2, 0) is 4.79 Å². The number of hydrogen-bond acceptors (Lipinski definition) is 3. The first-order valence-electron chi connectivity index (χ1n) is 4.63. The third-order valence-corrected chi connectivity index (χ3v) is 1.75. The largest absolute Gasteiger partial charge is 0.393 e. The number of carbonyl (C=O) groups is 1. The molecule has 0 saturated heterocycles. The van der Waals surface area contributed by atoms with Crippen LogP contribution in [0.2, 0.25) is 0 Å². The number of aliphatic hydroxyl groups excluding tert-OH is 1. The molecular formula is C9H20N2O2. The van der Waals surface area contributed by atoms with Crippen LogP contribution in [0, 0.1) is 0 Å². The van der Waals surface area contributed by atoms with Gasteiger partial charge in [0.1, 0.15) is 0 Å². The van der Waals surface area contributed by atoms with Crippen LogP contribution < -0.4 is 5.32 Å². The summed E-state index contributed by atoms with van der Waals surface area (Å²) in [7, 11) is 3.47. The number of amides is 1. The maximum absolute atomic E-state index is 11.1. The molecule has 2 N–H and O–H groups in total. The lowest BCUT2D eigenvalue weighted by Crippen LogP contribution is -2.33. The van der Waals surface area contributed by atoms with E-state index in [1.807, 2.05) is 0 Å². The number of nitrogens with zero attached hydrogens (tertiary/aromatic N) is 1. The first kappa shape index (κ1) is 12.4. The quantitative estimate of drug-likeness (QED) is 0.569. The van der Waals surface area contributed by atoms with Crippen LogP contribution in [0.5, 0.6) is 0 Å². The van der Waals surface area contributed by atoms with E-state index in [-0.39, 0.29) is 12.0 Å². The van der Waals surface area contributed by atoms with Crippen LogP contribution in [0.3, 0.4) is 0 Å². The van der Waals surface area contributed by atoms with Gasteiger partial charge in [-0.3, -0.25) is 4.79 Å². The Labute approximate surface area is 79.9 Å². The van der Waals surface area contributed by atoms with E-state index >= 15 is 0 Å². The molecule has 4 nitrogen and oxygen atoms in total. The molecular weight excluding hydrogens is 168 g/mol. The van der Waals surface area contributed by atoms with Gasteiger partial charge in [0.25, 0.3) is 0 Å². The molecule has 0 fully saturated rings. The van der Waals surface area contributed by atoms with Crippen molar-refractivity contribution in [2.24, 2.45) is 0 Å². The fraction of sp³-hybridized carbons (Fsp3) is 0.889. The van der Waals surface area contributed by atoms with Crippen molar-refractivity contribution in [1.82, 2.24) is 10.2 Å². The molecule has 1 amide bonds. The van der Waals surface area contributed by atoms with Gasteiger partial charge in [-0.2, -0.15) is 0 Å². The Hall–Kier alpha value is -0.610. The van der Waals surface area contributed by atoms with Crippen LogP contribution >= 0.6 is 0 Å². The van der Waals surface area contributed by atoms with Gasteiger partial charge >= 0.3 is 0 Å². The highest BCUT2D eigenvalue weighted by molar-refractivity contribution is 5.77. The van der Waals surface area contributed by atoms with Crippen molar-refractivity contribution in [3.8, 4) is 0 Å². The van der Waals surface area contributed by atoms with Gasteiger partial charge in [-0.05, 0) is 26.3 Å². The number of likely N-dealkylation sites (N-methyl/N-ethyl adjacent to an activating group) is 1. The second-order valence-corrected chi connectivity index (χ2v) is 3.46. The summed E-state index contributed by atoms with van der Waals surface area (Å²) in [6.45, 7) is 2.93. The molecule has 0 aromatic carbocycles. The standard InChI is InChI=1S/C9H20N2O2/c1-8(12)5-4-6-10-7-9(13)11(2)3/h8,10,12H,4-7H2,1-3H3. The van der Waals surface area contributed by atoms with Gasteiger partial charge in [0, 0.05) is 14.1 Å². The molecule has 0 aliphatic heterocycles. The average molecular weight is 188 g/mol. The van der Waals surface area contributed by atoms with Crippen molar-refractivity contribution >= 4 is 5.91 Å². The molecule has 0 radical (unpaired) electrons. The number of hydrogen-bond donors (Lipinski definition) is 2. The van der Waals surface area contributed by atoms with E-state index in [1.54, 1.807) is 25.9 Å². The lowest BCUT2D eigenvalue weighted by molar-refractivity contribution is -0.127. The molecule has 0 heterocycles. The monoisotopic (exact) mass is 188 g/mol. The Morgan fingerprint density at radius 3 is 2.62 bits per heavy atom. The van der Waals surface area contributed by atoms with E-state index in [1.165, 1.54) is 0 Å². The maximum Gasteiger partial charge on any atom is 0.236 e. The van der Waals surface area contributed by atoms with Gasteiger partial charge in [-0.1, -0.05) is 0 Å². The zero-order chi connectivity index (χ0) is 10.3. The molecule has 0 bridgehead atoms. The predicted molar refractivity (Wildman–Crippen MR) is 52.5 cm³/mol. The minimum Gasteiger partial charge on any atom is -0.393 e. The zero-order valence-electron chi connectivity index (χ0n) is 8.71. The van der Waals surface area contributed by atoms with Gasteiger partial charge in [0.05, 0.1) is 12.6 Å². The second kappa shape index (κ2) is 6.86. The van der Waals surface area contributed by atoms with Crippen molar-refractivity contribution in [3.63, 3.8) is 0 Å². The van der Waals surface area contributed by atoms with Crippen LogP contribution in [0.15, 0.2) is 0 Å². The first-order chi connectivity index (χ1) is 6.04. The summed E-state index contributed by atoms with van der Waals surface area (Å²) in [6.07, 6.45) is 1.44. The molecule has 0 aromatic rings. The third kappa shape index (κ3) is 7.74. The van der Waals surface area contributed by atoms with Gasteiger partial charge in [-0.25, -0.2) is 0 Å². The lowest BCUT2D eigenvalue weighted by atomic mass is 10.2. The minimum atomic E-state index is -0.244. The van der Waals surface area contributed by atoms with Crippen LogP contribution in [0.1, 0.15) is 19.8 Å². The van der Waals surface area contributed by atoms with Crippen LogP contribution in [-0.4, -0.2) is 49.2 Å². The molecule has 0 aromatic heterocycles. The third-order valence-electron chi connectivity index (χ3n) is 1.75. The SMILES string of the molecule is CC(O)CCCNCC(=O)N(C)C. The zero-order valence-corrected chi connectivity index (χ0v) is 8.71. The fourth-order valence-corrected chi connectivity index (χ4v) is 0.876. The predicted octanol–water partition coefficient (Wildman–Crippen LogP) is -0.175. The Morgan fingerprint density at radius 2 is 2.15 bits per heavy atom. The first-order valence-corrected chi connectivity index (χ1v) is 4.63. The Morgan fingerprint density at radius 1 is 1.54 bits per heavy atom. The minimum absolute atomic E-state index is 0.0806. The number of rotatable bonds is 6. The molecule has 1 unspecified atom stereocenters. The summed E-state index contributed by atoms with van der Waals surface area (Å²) in [4.78, 5) is 12.6. The number of nitrogens with one attached hydrogen (secondary N) is 1. The van der Waals surface area contributed by atoms with Crippen LogP contribution in [0.25, 0.3) is 0 Å². The van der Waals surface area contributed by atoms with E-state index < -0.39 is 0 Å². The molecule has 0 spiro atoms. The smallest absolute Gasteiger partial charge is 0.236 e. The van der Waals surface area contributed by atoms with Gasteiger partial charge < -0.3 is 15.3 Å². The summed E-state index contributed by atoms with van der Waals surface area (Å²) in [5, 5.41) is 12.0. The average Bonchev–Trinajstić information content (AvgIpc) is 2.02. The summed E-state index contributed by atoms with van der Waals surface area (Å²) in [6, 6.07) is 0.